The quantitative estimate of drug-likeness (QED) is 0.664. The predicted molar refractivity (Wildman–Crippen MR) is 125 cm³/mol. The van der Waals surface area contributed by atoms with Gasteiger partial charge in [0.1, 0.15) is 5.78 Å². The number of amides is 1. The van der Waals surface area contributed by atoms with E-state index in [0.717, 1.165) is 21.7 Å². The molecule has 3 rings (SSSR count). The van der Waals surface area contributed by atoms with Gasteiger partial charge in [0.05, 0.1) is 34.1 Å². The third-order valence-corrected chi connectivity index (χ3v) is 7.72. The Morgan fingerprint density at radius 2 is 1.74 bits per heavy atom. The first-order valence-electron chi connectivity index (χ1n) is 11.0. The van der Waals surface area contributed by atoms with Gasteiger partial charge in [0.15, 0.2) is 0 Å². The number of rotatable bonds is 6. The Morgan fingerprint density at radius 3 is 2.29 bits per heavy atom. The molecule has 31 heavy (non-hydrogen) atoms. The molecule has 1 amide bonds. The third-order valence-electron chi connectivity index (χ3n) is 6.74. The van der Waals surface area contributed by atoms with Crippen molar-refractivity contribution < 1.29 is 14.7 Å². The maximum atomic E-state index is 13.1. The number of ketones is 1. The molecular formula is C25H34N2O3S. The van der Waals surface area contributed by atoms with Crippen molar-refractivity contribution in [3.63, 3.8) is 0 Å². The van der Waals surface area contributed by atoms with E-state index in [9.17, 15) is 14.7 Å². The van der Waals surface area contributed by atoms with E-state index in [1.165, 1.54) is 0 Å². The Balaban J connectivity index is 1.69. The van der Waals surface area contributed by atoms with Crippen molar-refractivity contribution in [2.75, 3.05) is 0 Å². The molecule has 0 aliphatic heterocycles. The zero-order valence-electron chi connectivity index (χ0n) is 19.3. The van der Waals surface area contributed by atoms with Crippen LogP contribution in [0.1, 0.15) is 64.8 Å². The largest absolute Gasteiger partial charge is 0.393 e. The molecule has 0 spiro atoms. The zero-order chi connectivity index (χ0) is 22.9. The van der Waals surface area contributed by atoms with Gasteiger partial charge in [-0.05, 0) is 43.2 Å². The number of thiazole rings is 1. The number of nitrogens with zero attached hydrogens (tertiary/aromatic N) is 1. The smallest absolute Gasteiger partial charge is 0.224 e. The van der Waals surface area contributed by atoms with Gasteiger partial charge in [-0.15, -0.1) is 11.3 Å². The summed E-state index contributed by atoms with van der Waals surface area (Å²) in [5.41, 5.74) is 4.80. The first-order valence-corrected chi connectivity index (χ1v) is 11.9. The summed E-state index contributed by atoms with van der Waals surface area (Å²) in [6.45, 7) is 12.0. The van der Waals surface area contributed by atoms with Crippen LogP contribution in [0.4, 0.5) is 0 Å². The summed E-state index contributed by atoms with van der Waals surface area (Å²) in [5, 5.41) is 13.3. The summed E-state index contributed by atoms with van der Waals surface area (Å²) in [7, 11) is 0. The Hall–Kier alpha value is -2.05. The van der Waals surface area contributed by atoms with E-state index in [0.29, 0.717) is 12.8 Å². The highest BCUT2D eigenvalue weighted by Gasteiger charge is 2.45. The van der Waals surface area contributed by atoms with Crippen LogP contribution in [0.2, 0.25) is 0 Å². The van der Waals surface area contributed by atoms with Crippen LogP contribution in [0.25, 0.3) is 10.4 Å². The lowest BCUT2D eigenvalue weighted by molar-refractivity contribution is -0.136. The number of aromatic nitrogens is 1. The highest BCUT2D eigenvalue weighted by Crippen LogP contribution is 2.39. The maximum absolute atomic E-state index is 13.1. The third kappa shape index (κ3) is 5.24. The van der Waals surface area contributed by atoms with Crippen LogP contribution in [0.3, 0.4) is 0 Å². The van der Waals surface area contributed by atoms with E-state index in [1.54, 1.807) is 11.3 Å². The molecule has 0 radical (unpaired) electrons. The lowest BCUT2D eigenvalue weighted by atomic mass is 9.74. The van der Waals surface area contributed by atoms with E-state index in [1.807, 2.05) is 59.2 Å². The SMILES string of the molecule is Cc1ncsc1-c1ccc([C@H](C)NC(=O)[C@@H]2C[C@@H](O)CC2C(=O)[C@@H](C)C(C)(C)C)cc1. The molecule has 6 heteroatoms. The van der Waals surface area contributed by atoms with Crippen LogP contribution in [0.15, 0.2) is 29.8 Å². The van der Waals surface area contributed by atoms with Crippen molar-refractivity contribution in [2.24, 2.45) is 23.2 Å². The second-order valence-electron chi connectivity index (χ2n) is 9.95. The number of carbonyl (C=O) groups excluding carboxylic acids is 2. The number of nitrogens with one attached hydrogen (secondary N) is 1. The molecule has 1 aromatic heterocycles. The number of carbonyl (C=O) groups is 2. The van der Waals surface area contributed by atoms with Crippen LogP contribution >= 0.6 is 11.3 Å². The summed E-state index contributed by atoms with van der Waals surface area (Å²) in [4.78, 5) is 31.6. The molecule has 0 bridgehead atoms. The molecule has 1 heterocycles. The van der Waals surface area contributed by atoms with E-state index in [-0.39, 0.29) is 29.1 Å². The molecule has 5 nitrogen and oxygen atoms in total. The highest BCUT2D eigenvalue weighted by atomic mass is 32.1. The Bertz CT molecular complexity index is 929. The monoisotopic (exact) mass is 442 g/mol. The van der Waals surface area contributed by atoms with Crippen LogP contribution < -0.4 is 5.32 Å². The number of aliphatic hydroxyl groups excluding tert-OH is 1. The van der Waals surface area contributed by atoms with Crippen LogP contribution in [0.5, 0.6) is 0 Å². The van der Waals surface area contributed by atoms with Crippen molar-refractivity contribution in [3.8, 4) is 10.4 Å². The number of benzene rings is 1. The molecule has 168 valence electrons. The molecule has 2 N–H and O–H groups in total. The second kappa shape index (κ2) is 9.21. The molecule has 0 saturated heterocycles. The van der Waals surface area contributed by atoms with Crippen LogP contribution in [0, 0.1) is 30.1 Å². The van der Waals surface area contributed by atoms with Gasteiger partial charge >= 0.3 is 0 Å². The molecular weight excluding hydrogens is 408 g/mol. The molecule has 1 aromatic carbocycles. The summed E-state index contributed by atoms with van der Waals surface area (Å²) in [6, 6.07) is 7.96. The Labute approximate surface area is 189 Å². The van der Waals surface area contributed by atoms with Gasteiger partial charge in [0.25, 0.3) is 0 Å². The topological polar surface area (TPSA) is 79.3 Å². The van der Waals surface area contributed by atoms with Gasteiger partial charge in [-0.3, -0.25) is 9.59 Å². The fourth-order valence-electron chi connectivity index (χ4n) is 4.27. The normalized spacial score (nSPS) is 23.4. The molecule has 5 atom stereocenters. The van der Waals surface area contributed by atoms with Gasteiger partial charge in [-0.25, -0.2) is 4.98 Å². The second-order valence-corrected chi connectivity index (χ2v) is 10.8. The average molecular weight is 443 g/mol. The summed E-state index contributed by atoms with van der Waals surface area (Å²) < 4.78 is 0. The van der Waals surface area contributed by atoms with E-state index >= 15 is 0 Å². The summed E-state index contributed by atoms with van der Waals surface area (Å²) in [5.74, 6) is -1.13. The van der Waals surface area contributed by atoms with Crippen molar-refractivity contribution in [1.82, 2.24) is 10.3 Å². The van der Waals surface area contributed by atoms with Crippen LogP contribution in [-0.2, 0) is 9.59 Å². The lowest BCUT2D eigenvalue weighted by Gasteiger charge is -2.30. The fraction of sp³-hybridized carbons (Fsp3) is 0.560. The van der Waals surface area contributed by atoms with Gasteiger partial charge < -0.3 is 10.4 Å². The van der Waals surface area contributed by atoms with Gasteiger partial charge in [-0.1, -0.05) is 52.0 Å². The van der Waals surface area contributed by atoms with Crippen molar-refractivity contribution in [2.45, 2.75) is 66.5 Å². The van der Waals surface area contributed by atoms with E-state index in [2.05, 4.69) is 22.4 Å². The zero-order valence-corrected chi connectivity index (χ0v) is 20.1. The minimum Gasteiger partial charge on any atom is -0.393 e. The number of hydrogen-bond acceptors (Lipinski definition) is 5. The van der Waals surface area contributed by atoms with Gasteiger partial charge in [0, 0.05) is 11.8 Å². The molecule has 1 saturated carbocycles. The summed E-state index contributed by atoms with van der Waals surface area (Å²) in [6.07, 6.45) is 0.110. The molecule has 1 aliphatic rings. The van der Waals surface area contributed by atoms with E-state index in [4.69, 9.17) is 0 Å². The number of aryl methyl sites for hydroxylation is 1. The predicted octanol–water partition coefficient (Wildman–Crippen LogP) is 4.93. The van der Waals surface area contributed by atoms with Gasteiger partial charge in [0.2, 0.25) is 5.91 Å². The molecule has 1 aliphatic carbocycles. The first kappa shape index (κ1) is 23.6. The Kier molecular flexibility index (Phi) is 7.01. The number of Topliss-reactive ketones (excluding diaryl/α,β-unsaturated/α-hetero) is 1. The number of hydrogen-bond donors (Lipinski definition) is 2. The van der Waals surface area contributed by atoms with Crippen molar-refractivity contribution in [1.29, 1.82) is 0 Å². The van der Waals surface area contributed by atoms with Crippen molar-refractivity contribution >= 4 is 23.0 Å². The average Bonchev–Trinajstić information content (AvgIpc) is 3.31. The minimum absolute atomic E-state index is 0.0844. The highest BCUT2D eigenvalue weighted by molar-refractivity contribution is 7.13. The van der Waals surface area contributed by atoms with Crippen molar-refractivity contribution in [3.05, 3.63) is 41.0 Å². The standard InChI is InChI=1S/C25H34N2O3S/c1-14(25(4,5)6)22(29)20-11-19(28)12-21(20)24(30)27-15(2)17-7-9-18(10-8-17)23-16(3)26-13-31-23/h7-10,13-15,19-21,28H,11-12H2,1-6H3,(H,27,30)/t14-,15+,19+,20?,21-/m1/s1. The molecule has 1 fully saturated rings. The fourth-order valence-corrected chi connectivity index (χ4v) is 5.08. The number of aliphatic hydroxyl groups is 1. The summed E-state index contributed by atoms with van der Waals surface area (Å²) >= 11 is 1.61. The molecule has 1 unspecified atom stereocenters. The molecule has 2 aromatic rings. The Morgan fingerprint density at radius 1 is 1.13 bits per heavy atom. The maximum Gasteiger partial charge on any atom is 0.224 e. The van der Waals surface area contributed by atoms with Crippen LogP contribution in [-0.4, -0.2) is 27.9 Å². The first-order chi connectivity index (χ1) is 14.5. The lowest BCUT2D eigenvalue weighted by Crippen LogP contribution is -2.39. The minimum atomic E-state index is -0.603. The van der Waals surface area contributed by atoms with E-state index < -0.39 is 17.9 Å². The van der Waals surface area contributed by atoms with Gasteiger partial charge in [-0.2, -0.15) is 0 Å².